The summed E-state index contributed by atoms with van der Waals surface area (Å²) in [6.07, 6.45) is 5.49. The van der Waals surface area contributed by atoms with Crippen LogP contribution in [0.15, 0.2) is 0 Å². The zero-order valence-corrected chi connectivity index (χ0v) is 11.8. The molecule has 0 aromatic carbocycles. The molecule has 2 saturated heterocycles. The molecule has 0 aliphatic carbocycles. The molecule has 0 bridgehead atoms. The number of rotatable bonds is 4. The van der Waals surface area contributed by atoms with E-state index >= 15 is 0 Å². The summed E-state index contributed by atoms with van der Waals surface area (Å²) in [4.78, 5) is 5.20. The van der Waals surface area contributed by atoms with Crippen LogP contribution in [0.25, 0.3) is 0 Å². The first kappa shape index (κ1) is 13.3. The Hall–Kier alpha value is -0.120. The molecule has 2 heterocycles. The Kier molecular flexibility index (Phi) is 4.83. The van der Waals surface area contributed by atoms with E-state index in [0.29, 0.717) is 6.04 Å². The van der Waals surface area contributed by atoms with Gasteiger partial charge in [0, 0.05) is 37.8 Å². The molecular weight excluding hydrogens is 210 g/mol. The van der Waals surface area contributed by atoms with E-state index in [0.717, 1.165) is 12.1 Å². The van der Waals surface area contributed by atoms with Crippen molar-refractivity contribution in [3.05, 3.63) is 0 Å². The molecule has 0 amide bonds. The zero-order valence-electron chi connectivity index (χ0n) is 11.8. The maximum atomic E-state index is 3.65. The standard InChI is InChI=1S/C14H29N3/c1-12(2)17-9-7-14(11-17)16(3)10-13-6-4-5-8-15-13/h12-15H,4-11H2,1-3H3. The summed E-state index contributed by atoms with van der Waals surface area (Å²) in [5.41, 5.74) is 0. The monoisotopic (exact) mass is 239 g/mol. The minimum Gasteiger partial charge on any atom is -0.313 e. The molecule has 2 fully saturated rings. The van der Waals surface area contributed by atoms with Crippen LogP contribution in [0.2, 0.25) is 0 Å². The number of piperidine rings is 1. The molecule has 2 atom stereocenters. The Bertz CT molecular complexity index is 224. The van der Waals surface area contributed by atoms with Gasteiger partial charge in [0.2, 0.25) is 0 Å². The molecule has 0 saturated carbocycles. The Labute approximate surface area is 107 Å². The number of likely N-dealkylation sites (tertiary alicyclic amines) is 1. The van der Waals surface area contributed by atoms with Crippen molar-refractivity contribution in [3.63, 3.8) is 0 Å². The highest BCUT2D eigenvalue weighted by molar-refractivity contribution is 4.86. The van der Waals surface area contributed by atoms with Crippen LogP contribution in [-0.4, -0.2) is 61.2 Å². The van der Waals surface area contributed by atoms with Crippen LogP contribution < -0.4 is 5.32 Å². The van der Waals surface area contributed by atoms with Crippen molar-refractivity contribution >= 4 is 0 Å². The van der Waals surface area contributed by atoms with Crippen molar-refractivity contribution in [1.82, 2.24) is 15.1 Å². The van der Waals surface area contributed by atoms with Gasteiger partial charge >= 0.3 is 0 Å². The van der Waals surface area contributed by atoms with Crippen LogP contribution in [0, 0.1) is 0 Å². The summed E-state index contributed by atoms with van der Waals surface area (Å²) in [6.45, 7) is 9.62. The minimum atomic E-state index is 0.709. The Balaban J connectivity index is 1.74. The average molecular weight is 239 g/mol. The van der Waals surface area contributed by atoms with Gasteiger partial charge in [0.05, 0.1) is 0 Å². The lowest BCUT2D eigenvalue weighted by Crippen LogP contribution is -2.46. The molecular formula is C14H29N3. The Morgan fingerprint density at radius 2 is 2.12 bits per heavy atom. The normalized spacial score (nSPS) is 31.6. The van der Waals surface area contributed by atoms with Gasteiger partial charge in [-0.2, -0.15) is 0 Å². The van der Waals surface area contributed by atoms with Gasteiger partial charge in [0.25, 0.3) is 0 Å². The minimum absolute atomic E-state index is 0.709. The van der Waals surface area contributed by atoms with E-state index in [1.165, 1.54) is 51.9 Å². The van der Waals surface area contributed by atoms with E-state index < -0.39 is 0 Å². The first-order chi connectivity index (χ1) is 8.16. The predicted molar refractivity (Wildman–Crippen MR) is 73.4 cm³/mol. The van der Waals surface area contributed by atoms with Crippen molar-refractivity contribution < 1.29 is 0 Å². The lowest BCUT2D eigenvalue weighted by Gasteiger charge is -2.32. The summed E-state index contributed by atoms with van der Waals surface area (Å²) in [5, 5.41) is 3.65. The van der Waals surface area contributed by atoms with Gasteiger partial charge in [0.15, 0.2) is 0 Å². The third-order valence-electron chi connectivity index (χ3n) is 4.47. The van der Waals surface area contributed by atoms with E-state index in [1.807, 2.05) is 0 Å². The molecule has 0 spiro atoms. The summed E-state index contributed by atoms with van der Waals surface area (Å²) < 4.78 is 0. The van der Waals surface area contributed by atoms with Crippen LogP contribution in [0.4, 0.5) is 0 Å². The molecule has 0 aromatic rings. The Morgan fingerprint density at radius 3 is 2.71 bits per heavy atom. The molecule has 2 unspecified atom stereocenters. The lowest BCUT2D eigenvalue weighted by atomic mass is 10.0. The first-order valence-electron chi connectivity index (χ1n) is 7.34. The number of nitrogens with zero attached hydrogens (tertiary/aromatic N) is 2. The van der Waals surface area contributed by atoms with Crippen LogP contribution in [-0.2, 0) is 0 Å². The van der Waals surface area contributed by atoms with Crippen molar-refractivity contribution in [2.45, 2.75) is 57.7 Å². The molecule has 3 heteroatoms. The highest BCUT2D eigenvalue weighted by atomic mass is 15.3. The highest BCUT2D eigenvalue weighted by Crippen LogP contribution is 2.18. The third-order valence-corrected chi connectivity index (χ3v) is 4.47. The molecule has 2 rings (SSSR count). The van der Waals surface area contributed by atoms with Crippen molar-refractivity contribution in [1.29, 1.82) is 0 Å². The fourth-order valence-corrected chi connectivity index (χ4v) is 3.17. The van der Waals surface area contributed by atoms with Crippen molar-refractivity contribution in [3.8, 4) is 0 Å². The van der Waals surface area contributed by atoms with Crippen LogP contribution in [0.1, 0.15) is 39.5 Å². The number of likely N-dealkylation sites (N-methyl/N-ethyl adjacent to an activating group) is 1. The van der Waals surface area contributed by atoms with Crippen LogP contribution in [0.5, 0.6) is 0 Å². The number of hydrogen-bond acceptors (Lipinski definition) is 3. The number of hydrogen-bond donors (Lipinski definition) is 1. The van der Waals surface area contributed by atoms with Gasteiger partial charge in [-0.25, -0.2) is 0 Å². The Morgan fingerprint density at radius 1 is 1.29 bits per heavy atom. The van der Waals surface area contributed by atoms with Crippen molar-refractivity contribution in [2.24, 2.45) is 0 Å². The van der Waals surface area contributed by atoms with Crippen LogP contribution >= 0.6 is 0 Å². The molecule has 3 nitrogen and oxygen atoms in total. The SMILES string of the molecule is CC(C)N1CCC(N(C)CC2CCCCN2)C1. The molecule has 0 radical (unpaired) electrons. The van der Waals surface area contributed by atoms with Gasteiger partial charge in [-0.15, -0.1) is 0 Å². The van der Waals surface area contributed by atoms with Crippen molar-refractivity contribution in [2.75, 3.05) is 33.2 Å². The van der Waals surface area contributed by atoms with E-state index in [9.17, 15) is 0 Å². The maximum absolute atomic E-state index is 3.65. The van der Waals surface area contributed by atoms with Crippen LogP contribution in [0.3, 0.4) is 0 Å². The molecule has 17 heavy (non-hydrogen) atoms. The first-order valence-corrected chi connectivity index (χ1v) is 7.34. The summed E-state index contributed by atoms with van der Waals surface area (Å²) in [7, 11) is 2.31. The van der Waals surface area contributed by atoms with Gasteiger partial charge in [-0.1, -0.05) is 6.42 Å². The second kappa shape index (κ2) is 6.17. The van der Waals surface area contributed by atoms with Gasteiger partial charge in [0.1, 0.15) is 0 Å². The second-order valence-electron chi connectivity index (χ2n) is 6.12. The fraction of sp³-hybridized carbons (Fsp3) is 1.00. The second-order valence-corrected chi connectivity index (χ2v) is 6.12. The lowest BCUT2D eigenvalue weighted by molar-refractivity contribution is 0.189. The predicted octanol–water partition coefficient (Wildman–Crippen LogP) is 1.54. The summed E-state index contributed by atoms with van der Waals surface area (Å²) in [6, 6.07) is 2.23. The van der Waals surface area contributed by atoms with Gasteiger partial charge < -0.3 is 10.2 Å². The summed E-state index contributed by atoms with van der Waals surface area (Å²) in [5.74, 6) is 0. The molecule has 100 valence electrons. The molecule has 2 aliphatic heterocycles. The smallest absolute Gasteiger partial charge is 0.0233 e. The summed E-state index contributed by atoms with van der Waals surface area (Å²) >= 11 is 0. The van der Waals surface area contributed by atoms with E-state index in [4.69, 9.17) is 0 Å². The fourth-order valence-electron chi connectivity index (χ4n) is 3.17. The average Bonchev–Trinajstić information content (AvgIpc) is 2.79. The van der Waals surface area contributed by atoms with Gasteiger partial charge in [-0.05, 0) is 46.7 Å². The number of nitrogens with one attached hydrogen (secondary N) is 1. The van der Waals surface area contributed by atoms with E-state index in [-0.39, 0.29) is 0 Å². The molecule has 0 aromatic heterocycles. The maximum Gasteiger partial charge on any atom is 0.0233 e. The highest BCUT2D eigenvalue weighted by Gasteiger charge is 2.28. The quantitative estimate of drug-likeness (QED) is 0.803. The largest absolute Gasteiger partial charge is 0.313 e. The van der Waals surface area contributed by atoms with E-state index in [1.54, 1.807) is 0 Å². The molecule has 2 aliphatic rings. The molecule has 1 N–H and O–H groups in total. The topological polar surface area (TPSA) is 18.5 Å². The zero-order chi connectivity index (χ0) is 12.3. The van der Waals surface area contributed by atoms with E-state index in [2.05, 4.69) is 36.0 Å². The van der Waals surface area contributed by atoms with Gasteiger partial charge in [-0.3, -0.25) is 4.90 Å². The third kappa shape index (κ3) is 3.67.